The topological polar surface area (TPSA) is 56.8 Å². The maximum Gasteiger partial charge on any atom is 0.233 e. The van der Waals surface area contributed by atoms with Gasteiger partial charge in [0.2, 0.25) is 11.8 Å². The molecule has 3 aliphatic carbocycles. The summed E-state index contributed by atoms with van der Waals surface area (Å²) in [6.07, 6.45) is 7.82. The van der Waals surface area contributed by atoms with Gasteiger partial charge in [0.05, 0.1) is 16.5 Å². The lowest BCUT2D eigenvalue weighted by Gasteiger charge is -2.40. The summed E-state index contributed by atoms with van der Waals surface area (Å²) in [5.74, 6) is 3.15. The van der Waals surface area contributed by atoms with Crippen LogP contribution in [0.5, 0.6) is 0 Å². The number of anilines is 1. The zero-order valence-corrected chi connectivity index (χ0v) is 20.6. The van der Waals surface area contributed by atoms with Gasteiger partial charge in [-0.2, -0.15) is 4.37 Å². The molecule has 2 saturated heterocycles. The van der Waals surface area contributed by atoms with E-state index in [1.165, 1.54) is 16.5 Å². The smallest absolute Gasteiger partial charge is 0.233 e. The standard InChI is InChI=1S/C27H34N4O2S/c32-26-23-18-8-9-19(15-18)24(23)27(33)31(26)20-5-3-4-17(14-20)16-29-10-12-30(13-11-29)25-21-6-1-2-7-22(21)34-28-25/h1-2,6-7,17-20,23-24H,3-5,8-16H2/t17?,18-,19+,20?,23-,24+. The number of carbonyl (C=O) groups is 2. The molecule has 180 valence electrons. The summed E-state index contributed by atoms with van der Waals surface area (Å²) in [5.41, 5.74) is 0. The Kier molecular flexibility index (Phi) is 5.20. The molecule has 2 unspecified atom stereocenters. The summed E-state index contributed by atoms with van der Waals surface area (Å²) in [7, 11) is 0. The molecule has 2 amide bonds. The third-order valence-corrected chi connectivity index (χ3v) is 10.4. The minimum Gasteiger partial charge on any atom is -0.353 e. The second-order valence-corrected chi connectivity index (χ2v) is 12.2. The first-order valence-corrected chi connectivity index (χ1v) is 14.1. The number of benzene rings is 1. The summed E-state index contributed by atoms with van der Waals surface area (Å²) in [4.78, 5) is 33.4. The first kappa shape index (κ1) is 21.3. The molecule has 2 aliphatic heterocycles. The molecule has 5 aliphatic rings. The van der Waals surface area contributed by atoms with E-state index in [0.717, 1.165) is 77.1 Å². The Balaban J connectivity index is 0.972. The highest BCUT2D eigenvalue weighted by Gasteiger charge is 2.61. The molecule has 0 N–H and O–H groups in total. The molecule has 2 aromatic rings. The van der Waals surface area contributed by atoms with Crippen molar-refractivity contribution in [1.29, 1.82) is 0 Å². The first-order chi connectivity index (χ1) is 16.7. The number of piperazine rings is 1. The highest BCUT2D eigenvalue weighted by Crippen LogP contribution is 2.56. The van der Waals surface area contributed by atoms with Gasteiger partial charge in [0.25, 0.3) is 0 Å². The molecule has 6 nitrogen and oxygen atoms in total. The predicted octanol–water partition coefficient (Wildman–Crippen LogP) is 4.01. The molecule has 5 fully saturated rings. The lowest BCUT2D eigenvalue weighted by Crippen LogP contribution is -2.49. The molecule has 3 heterocycles. The number of rotatable bonds is 4. The highest BCUT2D eigenvalue weighted by molar-refractivity contribution is 7.13. The minimum atomic E-state index is 0.0292. The van der Waals surface area contributed by atoms with Crippen LogP contribution in [0.25, 0.3) is 10.1 Å². The molecule has 6 atom stereocenters. The van der Waals surface area contributed by atoms with Crippen LogP contribution in [0, 0.1) is 29.6 Å². The number of fused-ring (bicyclic) bond motifs is 6. The van der Waals surface area contributed by atoms with Gasteiger partial charge in [-0.3, -0.25) is 19.4 Å². The summed E-state index contributed by atoms with van der Waals surface area (Å²) in [6, 6.07) is 8.67. The molecule has 2 bridgehead atoms. The molecular formula is C27H34N4O2S. The number of likely N-dealkylation sites (tertiary alicyclic amines) is 1. The van der Waals surface area contributed by atoms with Gasteiger partial charge in [-0.15, -0.1) is 0 Å². The molecule has 7 heteroatoms. The summed E-state index contributed by atoms with van der Waals surface area (Å²) >= 11 is 1.59. The zero-order valence-electron chi connectivity index (χ0n) is 19.8. The van der Waals surface area contributed by atoms with Crippen molar-refractivity contribution in [2.24, 2.45) is 29.6 Å². The van der Waals surface area contributed by atoms with Crippen LogP contribution in [-0.4, -0.2) is 64.8 Å². The van der Waals surface area contributed by atoms with Gasteiger partial charge >= 0.3 is 0 Å². The fourth-order valence-corrected chi connectivity index (χ4v) is 8.86. The van der Waals surface area contributed by atoms with E-state index in [0.29, 0.717) is 17.8 Å². The molecule has 7 rings (SSSR count). The lowest BCUT2D eigenvalue weighted by molar-refractivity contribution is -0.144. The van der Waals surface area contributed by atoms with Crippen molar-refractivity contribution in [2.75, 3.05) is 37.6 Å². The van der Waals surface area contributed by atoms with E-state index in [9.17, 15) is 9.59 Å². The SMILES string of the molecule is O=C1[C@@H]2[C@@H]3CC[C@@H](C3)[C@@H]2C(=O)N1C1CCCC(CN2CCN(c3nsc4ccccc34)CC2)C1. The average molecular weight is 479 g/mol. The Hall–Kier alpha value is -1.99. The van der Waals surface area contributed by atoms with Gasteiger partial charge in [0.15, 0.2) is 0 Å². The van der Waals surface area contributed by atoms with Crippen LogP contribution >= 0.6 is 11.5 Å². The van der Waals surface area contributed by atoms with Gasteiger partial charge in [0, 0.05) is 44.2 Å². The average Bonchev–Trinajstić information content (AvgIpc) is 3.63. The Morgan fingerprint density at radius 1 is 0.882 bits per heavy atom. The van der Waals surface area contributed by atoms with Crippen molar-refractivity contribution >= 4 is 39.3 Å². The van der Waals surface area contributed by atoms with Crippen molar-refractivity contribution in [2.45, 2.75) is 51.0 Å². The number of nitrogens with zero attached hydrogens (tertiary/aromatic N) is 4. The van der Waals surface area contributed by atoms with Crippen LogP contribution in [0.2, 0.25) is 0 Å². The number of amides is 2. The van der Waals surface area contributed by atoms with E-state index in [-0.39, 0.29) is 29.7 Å². The van der Waals surface area contributed by atoms with Gasteiger partial charge in [-0.25, -0.2) is 0 Å². The number of aromatic nitrogens is 1. The maximum absolute atomic E-state index is 13.3. The van der Waals surface area contributed by atoms with Crippen LogP contribution in [0.15, 0.2) is 24.3 Å². The van der Waals surface area contributed by atoms with Crippen molar-refractivity contribution in [3.05, 3.63) is 24.3 Å². The predicted molar refractivity (Wildman–Crippen MR) is 134 cm³/mol. The van der Waals surface area contributed by atoms with Crippen molar-refractivity contribution in [1.82, 2.24) is 14.2 Å². The van der Waals surface area contributed by atoms with Crippen LogP contribution < -0.4 is 4.90 Å². The van der Waals surface area contributed by atoms with Crippen LogP contribution in [-0.2, 0) is 9.59 Å². The molecule has 34 heavy (non-hydrogen) atoms. The van der Waals surface area contributed by atoms with E-state index in [4.69, 9.17) is 4.37 Å². The zero-order chi connectivity index (χ0) is 22.8. The van der Waals surface area contributed by atoms with Gasteiger partial charge in [-0.1, -0.05) is 18.6 Å². The Morgan fingerprint density at radius 2 is 1.62 bits per heavy atom. The van der Waals surface area contributed by atoms with Crippen molar-refractivity contribution < 1.29 is 9.59 Å². The molecular weight excluding hydrogens is 444 g/mol. The van der Waals surface area contributed by atoms with E-state index >= 15 is 0 Å². The summed E-state index contributed by atoms with van der Waals surface area (Å²) < 4.78 is 6.01. The quantitative estimate of drug-likeness (QED) is 0.622. The fourth-order valence-electron chi connectivity index (χ4n) is 8.06. The van der Waals surface area contributed by atoms with Crippen LogP contribution in [0.1, 0.15) is 44.9 Å². The lowest BCUT2D eigenvalue weighted by atomic mass is 9.81. The largest absolute Gasteiger partial charge is 0.353 e. The minimum absolute atomic E-state index is 0.0292. The molecule has 0 radical (unpaired) electrons. The Morgan fingerprint density at radius 3 is 2.38 bits per heavy atom. The monoisotopic (exact) mass is 478 g/mol. The number of hydrogen-bond donors (Lipinski definition) is 0. The van der Waals surface area contributed by atoms with Gasteiger partial charge in [0.1, 0.15) is 5.82 Å². The van der Waals surface area contributed by atoms with Crippen LogP contribution in [0.3, 0.4) is 0 Å². The van der Waals surface area contributed by atoms with Gasteiger partial charge < -0.3 is 4.90 Å². The Bertz CT molecular complexity index is 1080. The number of carbonyl (C=O) groups excluding carboxylic acids is 2. The second kappa shape index (κ2) is 8.30. The fraction of sp³-hybridized carbons (Fsp3) is 0.667. The molecule has 3 saturated carbocycles. The molecule has 0 spiro atoms. The third kappa shape index (κ3) is 3.34. The molecule has 1 aromatic heterocycles. The maximum atomic E-state index is 13.3. The van der Waals surface area contributed by atoms with Crippen molar-refractivity contribution in [3.63, 3.8) is 0 Å². The second-order valence-electron chi connectivity index (χ2n) is 11.4. The van der Waals surface area contributed by atoms with Crippen LogP contribution in [0.4, 0.5) is 5.82 Å². The van der Waals surface area contributed by atoms with E-state index < -0.39 is 0 Å². The summed E-state index contributed by atoms with van der Waals surface area (Å²) in [5, 5.41) is 1.27. The van der Waals surface area contributed by atoms with E-state index in [1.54, 1.807) is 16.4 Å². The first-order valence-electron chi connectivity index (χ1n) is 13.4. The Labute approximate surface area is 205 Å². The van der Waals surface area contributed by atoms with Gasteiger partial charge in [-0.05, 0) is 79.9 Å². The third-order valence-electron chi connectivity index (χ3n) is 9.63. The number of hydrogen-bond acceptors (Lipinski definition) is 6. The molecule has 1 aromatic carbocycles. The normalized spacial score (nSPS) is 36.1. The van der Waals surface area contributed by atoms with E-state index in [2.05, 4.69) is 34.1 Å². The van der Waals surface area contributed by atoms with E-state index in [1.807, 2.05) is 0 Å². The highest BCUT2D eigenvalue weighted by atomic mass is 32.1. The number of imide groups is 1. The van der Waals surface area contributed by atoms with Crippen molar-refractivity contribution in [3.8, 4) is 0 Å². The summed E-state index contributed by atoms with van der Waals surface area (Å²) in [6.45, 7) is 5.24.